The van der Waals surface area contributed by atoms with Gasteiger partial charge in [0.25, 0.3) is 0 Å². The van der Waals surface area contributed by atoms with Crippen molar-refractivity contribution in [2.24, 2.45) is 0 Å². The van der Waals surface area contributed by atoms with Gasteiger partial charge in [-0.2, -0.15) is 0 Å². The van der Waals surface area contributed by atoms with Crippen LogP contribution in [0.5, 0.6) is 0 Å². The van der Waals surface area contributed by atoms with Crippen LogP contribution in [0.1, 0.15) is 90.4 Å². The van der Waals surface area contributed by atoms with E-state index in [9.17, 15) is 44.4 Å². The molecule has 0 bridgehead atoms. The summed E-state index contributed by atoms with van der Waals surface area (Å²) >= 11 is 3.05. The van der Waals surface area contributed by atoms with Crippen LogP contribution in [-0.2, 0) is 28.8 Å². The number of nitrogens with zero attached hydrogens (tertiary/aromatic N) is 3. The first-order valence-corrected chi connectivity index (χ1v) is 15.9. The Morgan fingerprint density at radius 1 is 0.512 bits per heavy atom. The van der Waals surface area contributed by atoms with Gasteiger partial charge < -0.3 is 16.0 Å². The largest absolute Gasteiger partial charge is 0.356 e. The van der Waals surface area contributed by atoms with Crippen LogP contribution in [0.4, 0.5) is 0 Å². The van der Waals surface area contributed by atoms with E-state index < -0.39 is 17.7 Å². The van der Waals surface area contributed by atoms with Gasteiger partial charge in [-0.3, -0.25) is 44.4 Å². The SMILES string of the molecule is CC(=O)N(O)CCCCCNC(=O)CCC(=O)N(O)CCCCCNC(=O)CCC(=O)N(O)CCCCCNC(=O)CBr. The van der Waals surface area contributed by atoms with Crippen molar-refractivity contribution in [3.63, 3.8) is 0 Å². The average Bonchev–Trinajstić information content (AvgIpc) is 2.98. The monoisotopic (exact) mass is 680 g/mol. The Labute approximate surface area is 261 Å². The highest BCUT2D eigenvalue weighted by Crippen LogP contribution is 2.03. The van der Waals surface area contributed by atoms with Gasteiger partial charge in [-0.25, -0.2) is 15.2 Å². The number of carbonyl (C=O) groups excluding carboxylic acids is 6. The molecule has 0 atom stereocenters. The molecule has 0 spiro atoms. The number of alkyl halides is 1. The lowest BCUT2D eigenvalue weighted by atomic mass is 10.2. The first-order chi connectivity index (χ1) is 20.5. The Balaban J connectivity index is 3.76. The van der Waals surface area contributed by atoms with Gasteiger partial charge in [0.2, 0.25) is 35.4 Å². The smallest absolute Gasteiger partial charge is 0.246 e. The van der Waals surface area contributed by atoms with E-state index in [1.807, 2.05) is 0 Å². The summed E-state index contributed by atoms with van der Waals surface area (Å²) < 4.78 is 0. The van der Waals surface area contributed by atoms with E-state index in [-0.39, 0.29) is 68.4 Å². The van der Waals surface area contributed by atoms with Gasteiger partial charge in [-0.1, -0.05) is 15.9 Å². The van der Waals surface area contributed by atoms with Gasteiger partial charge in [0.15, 0.2) is 0 Å². The minimum atomic E-state index is -0.558. The molecule has 0 saturated heterocycles. The molecule has 0 fully saturated rings. The number of rotatable bonds is 25. The molecule has 0 aromatic rings. The second-order valence-electron chi connectivity index (χ2n) is 10.0. The lowest BCUT2D eigenvalue weighted by Gasteiger charge is -2.15. The van der Waals surface area contributed by atoms with Crippen molar-refractivity contribution < 1.29 is 44.4 Å². The van der Waals surface area contributed by atoms with Gasteiger partial charge in [-0.15, -0.1) is 0 Å². The van der Waals surface area contributed by atoms with Crippen LogP contribution in [-0.4, -0.2) is 111 Å². The third-order valence-electron chi connectivity index (χ3n) is 6.30. The summed E-state index contributed by atoms with van der Waals surface area (Å²) in [5.74, 6) is -2.23. The lowest BCUT2D eigenvalue weighted by Crippen LogP contribution is -2.31. The predicted octanol–water partition coefficient (Wildman–Crippen LogP) is 1.47. The molecule has 6 N–H and O–H groups in total. The second kappa shape index (κ2) is 25.7. The topological polar surface area (TPSA) is 209 Å². The number of unbranched alkanes of at least 4 members (excludes halogenated alkanes) is 6. The fraction of sp³-hybridized carbons (Fsp3) is 0.778. The number of hydrogen-bond donors (Lipinski definition) is 6. The van der Waals surface area contributed by atoms with Crippen molar-refractivity contribution in [3.05, 3.63) is 0 Å². The molecule has 0 radical (unpaired) electrons. The van der Waals surface area contributed by atoms with Crippen LogP contribution in [0.15, 0.2) is 0 Å². The molecule has 16 heteroatoms. The Morgan fingerprint density at radius 3 is 1.21 bits per heavy atom. The van der Waals surface area contributed by atoms with Crippen LogP contribution in [0, 0.1) is 0 Å². The highest BCUT2D eigenvalue weighted by molar-refractivity contribution is 9.09. The van der Waals surface area contributed by atoms with Gasteiger partial charge in [0, 0.05) is 71.9 Å². The Morgan fingerprint density at radius 2 is 0.860 bits per heavy atom. The number of amides is 6. The quantitative estimate of drug-likeness (QED) is 0.0356. The van der Waals surface area contributed by atoms with Crippen LogP contribution >= 0.6 is 15.9 Å². The third kappa shape index (κ3) is 23.3. The molecule has 0 saturated carbocycles. The molecule has 6 amide bonds. The molecule has 0 aliphatic carbocycles. The molecule has 0 aliphatic rings. The highest BCUT2D eigenvalue weighted by Gasteiger charge is 2.14. The summed E-state index contributed by atoms with van der Waals surface area (Å²) in [6, 6.07) is 0. The average molecular weight is 682 g/mol. The molecule has 0 unspecified atom stereocenters. The first kappa shape index (κ1) is 40.2. The summed E-state index contributed by atoms with van der Waals surface area (Å²) in [7, 11) is 0. The van der Waals surface area contributed by atoms with Gasteiger partial charge >= 0.3 is 0 Å². The minimum absolute atomic E-state index is 0.0497. The fourth-order valence-electron chi connectivity index (χ4n) is 3.70. The zero-order valence-corrected chi connectivity index (χ0v) is 26.7. The van der Waals surface area contributed by atoms with Crippen molar-refractivity contribution in [1.82, 2.24) is 31.1 Å². The lowest BCUT2D eigenvalue weighted by molar-refractivity contribution is -0.166. The molecule has 0 rings (SSSR count). The van der Waals surface area contributed by atoms with E-state index >= 15 is 0 Å². The van der Waals surface area contributed by atoms with Gasteiger partial charge in [0.05, 0.1) is 5.33 Å². The Hall–Kier alpha value is -2.82. The Bertz CT molecular complexity index is 865. The van der Waals surface area contributed by atoms with E-state index in [2.05, 4.69) is 31.9 Å². The number of nitrogens with one attached hydrogen (secondary N) is 3. The summed E-state index contributed by atoms with van der Waals surface area (Å²) in [4.78, 5) is 69.8. The Kier molecular flexibility index (Phi) is 24.0. The summed E-state index contributed by atoms with van der Waals surface area (Å²) in [6.07, 6.45) is 5.41. The summed E-state index contributed by atoms with van der Waals surface area (Å²) in [6.45, 7) is 3.07. The van der Waals surface area contributed by atoms with Crippen molar-refractivity contribution >= 4 is 51.4 Å². The van der Waals surface area contributed by atoms with Crippen molar-refractivity contribution in [2.45, 2.75) is 90.4 Å². The summed E-state index contributed by atoms with van der Waals surface area (Å²) in [5.41, 5.74) is 0. The van der Waals surface area contributed by atoms with Gasteiger partial charge in [0.1, 0.15) is 0 Å². The van der Waals surface area contributed by atoms with Crippen LogP contribution in [0.2, 0.25) is 0 Å². The molecular weight excluding hydrogens is 632 g/mol. The van der Waals surface area contributed by atoms with Crippen LogP contribution in [0.3, 0.4) is 0 Å². The minimum Gasteiger partial charge on any atom is -0.356 e. The fourth-order valence-corrected chi connectivity index (χ4v) is 3.90. The second-order valence-corrected chi connectivity index (χ2v) is 10.6. The number of halogens is 1. The van der Waals surface area contributed by atoms with E-state index in [1.165, 1.54) is 6.92 Å². The molecular formula is C27H49BrN6O9. The van der Waals surface area contributed by atoms with Crippen molar-refractivity contribution in [2.75, 3.05) is 44.6 Å². The van der Waals surface area contributed by atoms with E-state index in [0.717, 1.165) is 12.8 Å². The third-order valence-corrected chi connectivity index (χ3v) is 6.81. The van der Waals surface area contributed by atoms with E-state index in [0.29, 0.717) is 79.8 Å². The normalized spacial score (nSPS) is 10.5. The van der Waals surface area contributed by atoms with Crippen molar-refractivity contribution in [3.8, 4) is 0 Å². The maximum atomic E-state index is 12.0. The standard InChI is InChI=1S/C27H49BrN6O9/c1-22(35)32(41)18-8-2-5-15-29-23(36)11-13-26(39)33(42)19-9-3-6-16-30-24(37)12-14-27(40)34(43)20-10-4-7-17-31-25(38)21-28/h41-43H,2-21H2,1H3,(H,29,36)(H,30,37)(H,31,38). The number of hydroxylamine groups is 6. The molecule has 0 heterocycles. The van der Waals surface area contributed by atoms with Gasteiger partial charge in [-0.05, 0) is 57.8 Å². The number of carbonyl (C=O) groups is 6. The molecule has 43 heavy (non-hydrogen) atoms. The maximum absolute atomic E-state index is 12.0. The molecule has 0 aromatic carbocycles. The molecule has 248 valence electrons. The zero-order valence-electron chi connectivity index (χ0n) is 25.2. The van der Waals surface area contributed by atoms with E-state index in [1.54, 1.807) is 0 Å². The van der Waals surface area contributed by atoms with Crippen LogP contribution < -0.4 is 16.0 Å². The van der Waals surface area contributed by atoms with E-state index in [4.69, 9.17) is 0 Å². The summed E-state index contributed by atoms with van der Waals surface area (Å²) in [5, 5.41) is 39.2. The van der Waals surface area contributed by atoms with Crippen molar-refractivity contribution in [1.29, 1.82) is 0 Å². The number of hydrogen-bond acceptors (Lipinski definition) is 9. The highest BCUT2D eigenvalue weighted by atomic mass is 79.9. The molecule has 0 aromatic heterocycles. The zero-order chi connectivity index (χ0) is 32.5. The first-order valence-electron chi connectivity index (χ1n) is 14.8. The predicted molar refractivity (Wildman–Crippen MR) is 159 cm³/mol. The maximum Gasteiger partial charge on any atom is 0.246 e. The molecule has 15 nitrogen and oxygen atoms in total. The van der Waals surface area contributed by atoms with Crippen LogP contribution in [0.25, 0.3) is 0 Å². The molecule has 0 aliphatic heterocycles.